The predicted molar refractivity (Wildman–Crippen MR) is 123 cm³/mol. The normalized spacial score (nSPS) is 20.2. The van der Waals surface area contributed by atoms with Gasteiger partial charge >= 0.3 is 0 Å². The number of benzene rings is 1. The number of carbonyl (C=O) groups excluding carboxylic acids is 2. The van der Waals surface area contributed by atoms with Gasteiger partial charge in [-0.2, -0.15) is 0 Å². The summed E-state index contributed by atoms with van der Waals surface area (Å²) in [5, 5.41) is 12.6. The number of aliphatic hydroxyl groups excluding tert-OH is 1. The van der Waals surface area contributed by atoms with Crippen LogP contribution in [0.1, 0.15) is 37.0 Å². The van der Waals surface area contributed by atoms with Crippen molar-refractivity contribution in [2.24, 2.45) is 5.92 Å². The highest BCUT2D eigenvalue weighted by atomic mass is 16.5. The van der Waals surface area contributed by atoms with E-state index < -0.39 is 0 Å². The number of amides is 2. The molecule has 0 aliphatic carbocycles. The molecule has 0 radical (unpaired) electrons. The van der Waals surface area contributed by atoms with Gasteiger partial charge in [0.2, 0.25) is 5.91 Å². The first-order valence-electron chi connectivity index (χ1n) is 10.9. The zero-order chi connectivity index (χ0) is 23.1. The monoisotopic (exact) mass is 434 g/mol. The Balaban J connectivity index is 2.30. The van der Waals surface area contributed by atoms with Crippen LogP contribution < -0.4 is 10.1 Å². The summed E-state index contributed by atoms with van der Waals surface area (Å²) in [6, 6.07) is 4.89. The minimum atomic E-state index is -0.315. The fourth-order valence-corrected chi connectivity index (χ4v) is 3.66. The van der Waals surface area contributed by atoms with E-state index in [9.17, 15) is 14.7 Å². The van der Waals surface area contributed by atoms with Crippen molar-refractivity contribution in [1.82, 2.24) is 14.7 Å². The number of ether oxygens (including phenoxy) is 1. The van der Waals surface area contributed by atoms with Gasteiger partial charge in [0.15, 0.2) is 0 Å². The Morgan fingerprint density at radius 1 is 1.29 bits per heavy atom. The summed E-state index contributed by atoms with van der Waals surface area (Å²) in [4.78, 5) is 31.5. The van der Waals surface area contributed by atoms with Crippen LogP contribution in [0.4, 0.5) is 5.69 Å². The molecule has 0 bridgehead atoms. The highest BCUT2D eigenvalue weighted by molar-refractivity contribution is 5.99. The second-order valence-electron chi connectivity index (χ2n) is 9.05. The molecule has 8 nitrogen and oxygen atoms in total. The van der Waals surface area contributed by atoms with Gasteiger partial charge in [0.1, 0.15) is 11.9 Å². The Morgan fingerprint density at radius 2 is 2.00 bits per heavy atom. The van der Waals surface area contributed by atoms with Gasteiger partial charge in [-0.3, -0.25) is 9.59 Å². The predicted octanol–water partition coefficient (Wildman–Crippen LogP) is 1.75. The molecule has 0 spiro atoms. The van der Waals surface area contributed by atoms with Crippen LogP contribution in [0.3, 0.4) is 0 Å². The van der Waals surface area contributed by atoms with E-state index in [-0.39, 0.29) is 36.5 Å². The summed E-state index contributed by atoms with van der Waals surface area (Å²) >= 11 is 0. The molecule has 1 aliphatic heterocycles. The first kappa shape index (κ1) is 25.1. The van der Waals surface area contributed by atoms with Gasteiger partial charge in [-0.25, -0.2) is 0 Å². The number of nitrogens with one attached hydrogen (secondary N) is 1. The third-order valence-corrected chi connectivity index (χ3v) is 5.50. The zero-order valence-corrected chi connectivity index (χ0v) is 19.7. The van der Waals surface area contributed by atoms with Crippen molar-refractivity contribution in [3.05, 3.63) is 23.8 Å². The van der Waals surface area contributed by atoms with Gasteiger partial charge in [0.25, 0.3) is 5.91 Å². The number of fused-ring (bicyclic) bond motifs is 1. The Bertz CT molecular complexity index is 753. The molecule has 3 atom stereocenters. The van der Waals surface area contributed by atoms with Crippen molar-refractivity contribution in [2.75, 3.05) is 59.7 Å². The van der Waals surface area contributed by atoms with Crippen molar-refractivity contribution < 1.29 is 19.4 Å². The molecule has 2 rings (SSSR count). The summed E-state index contributed by atoms with van der Waals surface area (Å²) in [6.07, 6.45) is 1.06. The van der Waals surface area contributed by atoms with E-state index in [0.29, 0.717) is 36.5 Å². The van der Waals surface area contributed by atoms with E-state index >= 15 is 0 Å². The fourth-order valence-electron chi connectivity index (χ4n) is 3.66. The van der Waals surface area contributed by atoms with E-state index in [0.717, 1.165) is 13.0 Å². The molecule has 0 saturated heterocycles. The largest absolute Gasteiger partial charge is 0.488 e. The van der Waals surface area contributed by atoms with Gasteiger partial charge in [-0.1, -0.05) is 6.92 Å². The Kier molecular flexibility index (Phi) is 9.28. The minimum Gasteiger partial charge on any atom is -0.488 e. The Hall–Kier alpha value is -2.16. The van der Waals surface area contributed by atoms with Crippen molar-refractivity contribution in [3.63, 3.8) is 0 Å². The summed E-state index contributed by atoms with van der Waals surface area (Å²) in [5.74, 6) is 0.310. The van der Waals surface area contributed by atoms with E-state index in [1.165, 1.54) is 0 Å². The molecule has 0 aromatic heterocycles. The van der Waals surface area contributed by atoms with Crippen molar-refractivity contribution in [1.29, 1.82) is 0 Å². The molecule has 1 aromatic carbocycles. The van der Waals surface area contributed by atoms with Crippen LogP contribution in [0, 0.1) is 5.92 Å². The SMILES string of the molecule is C[C@H](CO)N1C[C@H](C)[C@H](CN(C)C)Oc2ccc(NC(=O)CCCN(C)C)cc2C1=O. The lowest BCUT2D eigenvalue weighted by molar-refractivity contribution is -0.116. The molecule has 1 heterocycles. The average molecular weight is 435 g/mol. The second-order valence-corrected chi connectivity index (χ2v) is 9.05. The number of anilines is 1. The highest BCUT2D eigenvalue weighted by Gasteiger charge is 2.33. The first-order chi connectivity index (χ1) is 14.6. The average Bonchev–Trinajstić information content (AvgIpc) is 2.69. The van der Waals surface area contributed by atoms with Crippen LogP contribution in [0.2, 0.25) is 0 Å². The molecule has 8 heteroatoms. The molecule has 0 unspecified atom stereocenters. The number of nitrogens with zero attached hydrogens (tertiary/aromatic N) is 3. The van der Waals surface area contributed by atoms with E-state index in [1.807, 2.05) is 40.0 Å². The van der Waals surface area contributed by atoms with Crippen LogP contribution in [0.25, 0.3) is 0 Å². The van der Waals surface area contributed by atoms with Crippen molar-refractivity contribution >= 4 is 17.5 Å². The first-order valence-corrected chi connectivity index (χ1v) is 10.9. The number of rotatable bonds is 9. The maximum atomic E-state index is 13.4. The standard InChI is InChI=1S/C23H38N4O4/c1-16-13-27(17(2)15-28)23(30)19-12-18(24-22(29)8-7-11-25(3)4)9-10-20(19)31-21(16)14-26(5)6/h9-10,12,16-17,21,28H,7-8,11,13-15H2,1-6H3,(H,24,29)/t16-,17+,21-/m0/s1. The van der Waals surface area contributed by atoms with E-state index in [2.05, 4.69) is 17.1 Å². The van der Waals surface area contributed by atoms with Gasteiger partial charge in [-0.05, 0) is 66.3 Å². The molecule has 0 saturated carbocycles. The van der Waals surface area contributed by atoms with Crippen LogP contribution in [-0.4, -0.2) is 98.2 Å². The van der Waals surface area contributed by atoms with Crippen molar-refractivity contribution in [2.45, 2.75) is 38.8 Å². The van der Waals surface area contributed by atoms with Gasteiger partial charge in [0.05, 0.1) is 18.2 Å². The Morgan fingerprint density at radius 3 is 2.61 bits per heavy atom. The lowest BCUT2D eigenvalue weighted by Crippen LogP contribution is -2.49. The van der Waals surface area contributed by atoms with Crippen LogP contribution in [0.5, 0.6) is 5.75 Å². The summed E-state index contributed by atoms with van der Waals surface area (Å²) in [7, 11) is 7.93. The number of hydrogen-bond acceptors (Lipinski definition) is 6. The van der Waals surface area contributed by atoms with E-state index in [4.69, 9.17) is 4.74 Å². The number of likely N-dealkylation sites (N-methyl/N-ethyl adjacent to an activating group) is 1. The fraction of sp³-hybridized carbons (Fsp3) is 0.652. The molecule has 174 valence electrons. The minimum absolute atomic E-state index is 0.0827. The summed E-state index contributed by atoms with van der Waals surface area (Å²) < 4.78 is 6.27. The molecule has 2 amide bonds. The number of hydrogen-bond donors (Lipinski definition) is 2. The molecule has 31 heavy (non-hydrogen) atoms. The maximum absolute atomic E-state index is 13.4. The van der Waals surface area contributed by atoms with Crippen molar-refractivity contribution in [3.8, 4) is 5.75 Å². The third kappa shape index (κ3) is 7.19. The summed E-state index contributed by atoms with van der Waals surface area (Å²) in [5.41, 5.74) is 0.974. The second kappa shape index (κ2) is 11.5. The molecular weight excluding hydrogens is 396 g/mol. The number of carbonyl (C=O) groups is 2. The number of aliphatic hydroxyl groups is 1. The molecular formula is C23H38N4O4. The quantitative estimate of drug-likeness (QED) is 0.616. The van der Waals surface area contributed by atoms with Gasteiger partial charge in [0, 0.05) is 31.1 Å². The lowest BCUT2D eigenvalue weighted by Gasteiger charge is -2.37. The highest BCUT2D eigenvalue weighted by Crippen LogP contribution is 2.30. The molecule has 2 N–H and O–H groups in total. The molecule has 1 aromatic rings. The van der Waals surface area contributed by atoms with E-state index in [1.54, 1.807) is 23.1 Å². The van der Waals surface area contributed by atoms with Gasteiger partial charge in [-0.15, -0.1) is 0 Å². The molecule has 1 aliphatic rings. The third-order valence-electron chi connectivity index (χ3n) is 5.50. The topological polar surface area (TPSA) is 85.3 Å². The maximum Gasteiger partial charge on any atom is 0.258 e. The van der Waals surface area contributed by atoms with Gasteiger partial charge < -0.3 is 29.9 Å². The molecule has 0 fully saturated rings. The zero-order valence-electron chi connectivity index (χ0n) is 19.7. The van der Waals surface area contributed by atoms with Crippen LogP contribution in [-0.2, 0) is 4.79 Å². The van der Waals surface area contributed by atoms with Crippen LogP contribution in [0.15, 0.2) is 18.2 Å². The summed E-state index contributed by atoms with van der Waals surface area (Å²) in [6.45, 7) is 5.81. The van der Waals surface area contributed by atoms with Crippen LogP contribution >= 0.6 is 0 Å². The Labute approximate surface area is 186 Å². The lowest BCUT2D eigenvalue weighted by atomic mass is 9.99. The smallest absolute Gasteiger partial charge is 0.258 e.